The molecule has 34 heavy (non-hydrogen) atoms. The van der Waals surface area contributed by atoms with Crippen molar-refractivity contribution in [1.82, 2.24) is 0 Å². The number of Topliss-reactive ketones (excluding diaryl/α,β-unsaturated/α-hetero) is 2. The van der Waals surface area contributed by atoms with E-state index < -0.39 is 12.2 Å². The second-order valence-electron chi connectivity index (χ2n) is 9.11. The van der Waals surface area contributed by atoms with Gasteiger partial charge < -0.3 is 19.3 Å². The lowest BCUT2D eigenvalue weighted by molar-refractivity contribution is -0.138. The molecule has 0 heterocycles. The van der Waals surface area contributed by atoms with Crippen LogP contribution in [0.4, 0.5) is 0 Å². The Morgan fingerprint density at radius 2 is 1.56 bits per heavy atom. The molecule has 0 rings (SSSR count). The minimum atomic E-state index is -1.08. The first-order valence-electron chi connectivity index (χ1n) is 12.0. The molecule has 194 valence electrons. The second kappa shape index (κ2) is 17.6. The van der Waals surface area contributed by atoms with E-state index in [1.54, 1.807) is 27.0 Å². The Morgan fingerprint density at radius 3 is 2.12 bits per heavy atom. The predicted octanol–water partition coefficient (Wildman–Crippen LogP) is 4.88. The van der Waals surface area contributed by atoms with Crippen LogP contribution < -0.4 is 0 Å². The first-order chi connectivity index (χ1) is 16.0. The Balaban J connectivity index is 4.86. The lowest BCUT2D eigenvalue weighted by Crippen LogP contribution is -2.40. The van der Waals surface area contributed by atoms with Crippen LogP contribution >= 0.6 is 0 Å². The van der Waals surface area contributed by atoms with Crippen LogP contribution in [-0.4, -0.2) is 62.4 Å². The number of aliphatic hydroxyl groups is 1. The Hall–Kier alpha value is -1.86. The number of rotatable bonds is 17. The summed E-state index contributed by atoms with van der Waals surface area (Å²) in [5.74, 6) is -0.564. The highest BCUT2D eigenvalue weighted by molar-refractivity contribution is 5.86. The topological polar surface area (TPSA) is 82.1 Å². The van der Waals surface area contributed by atoms with Gasteiger partial charge in [0.1, 0.15) is 18.0 Å². The fourth-order valence-electron chi connectivity index (χ4n) is 3.38. The van der Waals surface area contributed by atoms with Crippen molar-refractivity contribution in [2.24, 2.45) is 17.8 Å². The number of hydrogen-bond acceptors (Lipinski definition) is 6. The SMILES string of the molecule is COCCOC(C)/C(C)=C/C=C/C=C[C@@H](C)CC(C)C(=O)[C@H](OC)C(O)/C(C)=C/[C@@H](C)C(C)=O. The van der Waals surface area contributed by atoms with Gasteiger partial charge in [-0.1, -0.05) is 57.2 Å². The summed E-state index contributed by atoms with van der Waals surface area (Å²) in [6.45, 7) is 14.1. The smallest absolute Gasteiger partial charge is 0.167 e. The van der Waals surface area contributed by atoms with Gasteiger partial charge in [0, 0.05) is 26.1 Å². The van der Waals surface area contributed by atoms with Crippen LogP contribution in [0.15, 0.2) is 47.6 Å². The van der Waals surface area contributed by atoms with E-state index >= 15 is 0 Å². The maximum atomic E-state index is 12.9. The van der Waals surface area contributed by atoms with Gasteiger partial charge in [0.15, 0.2) is 5.78 Å². The van der Waals surface area contributed by atoms with Crippen molar-refractivity contribution in [3.63, 3.8) is 0 Å². The molecule has 0 aliphatic carbocycles. The number of hydrogen-bond donors (Lipinski definition) is 1. The predicted molar refractivity (Wildman–Crippen MR) is 138 cm³/mol. The second-order valence-corrected chi connectivity index (χ2v) is 9.11. The zero-order valence-corrected chi connectivity index (χ0v) is 22.5. The fraction of sp³-hybridized carbons (Fsp3) is 0.643. The van der Waals surface area contributed by atoms with Crippen LogP contribution in [0.2, 0.25) is 0 Å². The van der Waals surface area contributed by atoms with E-state index in [9.17, 15) is 14.7 Å². The molecule has 0 spiro atoms. The maximum absolute atomic E-state index is 12.9. The van der Waals surface area contributed by atoms with Crippen molar-refractivity contribution in [3.05, 3.63) is 47.6 Å². The highest BCUT2D eigenvalue weighted by Crippen LogP contribution is 2.21. The van der Waals surface area contributed by atoms with Crippen molar-refractivity contribution in [1.29, 1.82) is 0 Å². The molecule has 0 amide bonds. The van der Waals surface area contributed by atoms with Crippen LogP contribution in [0.1, 0.15) is 54.9 Å². The average Bonchev–Trinajstić information content (AvgIpc) is 2.78. The van der Waals surface area contributed by atoms with E-state index in [1.165, 1.54) is 14.0 Å². The van der Waals surface area contributed by atoms with E-state index in [0.717, 1.165) is 5.57 Å². The molecule has 6 heteroatoms. The van der Waals surface area contributed by atoms with E-state index in [4.69, 9.17) is 14.2 Å². The van der Waals surface area contributed by atoms with Crippen LogP contribution in [0.3, 0.4) is 0 Å². The molecule has 0 saturated carbocycles. The minimum absolute atomic E-state index is 0.00504. The molecule has 6 nitrogen and oxygen atoms in total. The average molecular weight is 479 g/mol. The third-order valence-corrected chi connectivity index (χ3v) is 5.97. The number of carbonyl (C=O) groups excluding carboxylic acids is 2. The third kappa shape index (κ3) is 12.6. The maximum Gasteiger partial charge on any atom is 0.167 e. The molecular formula is C28H46O6. The van der Waals surface area contributed by atoms with Crippen LogP contribution in [-0.2, 0) is 23.8 Å². The molecule has 0 aromatic carbocycles. The van der Waals surface area contributed by atoms with Crippen LogP contribution in [0.25, 0.3) is 0 Å². The summed E-state index contributed by atoms with van der Waals surface area (Å²) in [4.78, 5) is 24.4. The van der Waals surface area contributed by atoms with Gasteiger partial charge in [-0.25, -0.2) is 0 Å². The van der Waals surface area contributed by atoms with Gasteiger partial charge in [-0.15, -0.1) is 0 Å². The summed E-state index contributed by atoms with van der Waals surface area (Å²) in [5, 5.41) is 10.6. The molecule has 0 aliphatic rings. The van der Waals surface area contributed by atoms with E-state index in [0.29, 0.717) is 25.2 Å². The van der Waals surface area contributed by atoms with E-state index in [-0.39, 0.29) is 35.4 Å². The molecule has 0 radical (unpaired) electrons. The normalized spacial score (nSPS) is 18.6. The lowest BCUT2D eigenvalue weighted by Gasteiger charge is -2.25. The highest BCUT2D eigenvalue weighted by Gasteiger charge is 2.31. The van der Waals surface area contributed by atoms with Gasteiger partial charge in [-0.05, 0) is 51.2 Å². The molecular weight excluding hydrogens is 432 g/mol. The fourth-order valence-corrected chi connectivity index (χ4v) is 3.38. The monoisotopic (exact) mass is 478 g/mol. The van der Waals surface area contributed by atoms with Crippen LogP contribution in [0.5, 0.6) is 0 Å². The van der Waals surface area contributed by atoms with Gasteiger partial charge in [0.2, 0.25) is 0 Å². The van der Waals surface area contributed by atoms with Gasteiger partial charge >= 0.3 is 0 Å². The van der Waals surface area contributed by atoms with Crippen molar-refractivity contribution in [2.45, 2.75) is 73.2 Å². The summed E-state index contributed by atoms with van der Waals surface area (Å²) in [6.07, 6.45) is 10.3. The Kier molecular flexibility index (Phi) is 16.6. The summed E-state index contributed by atoms with van der Waals surface area (Å²) in [7, 11) is 3.08. The van der Waals surface area contributed by atoms with Gasteiger partial charge in [0.25, 0.3) is 0 Å². The summed E-state index contributed by atoms with van der Waals surface area (Å²) < 4.78 is 16.0. The molecule has 0 bridgehead atoms. The zero-order chi connectivity index (χ0) is 26.3. The number of ketones is 2. The number of allylic oxidation sites excluding steroid dienone is 6. The molecule has 0 fully saturated rings. The first-order valence-corrected chi connectivity index (χ1v) is 12.0. The Morgan fingerprint density at radius 1 is 0.912 bits per heavy atom. The molecule has 0 aliphatic heterocycles. The number of ether oxygens (including phenoxy) is 3. The first kappa shape index (κ1) is 32.1. The van der Waals surface area contributed by atoms with Gasteiger partial charge in [-0.3, -0.25) is 9.59 Å². The zero-order valence-electron chi connectivity index (χ0n) is 22.5. The molecule has 0 saturated heterocycles. The van der Waals surface area contributed by atoms with Crippen LogP contribution in [0, 0.1) is 17.8 Å². The summed E-state index contributed by atoms with van der Waals surface area (Å²) in [5.41, 5.74) is 1.69. The summed E-state index contributed by atoms with van der Waals surface area (Å²) in [6, 6.07) is 0. The van der Waals surface area contributed by atoms with Crippen molar-refractivity contribution in [3.8, 4) is 0 Å². The summed E-state index contributed by atoms with van der Waals surface area (Å²) >= 11 is 0. The standard InChI is InChI=1S/C28H46O6/c1-19(13-11-10-12-14-20(2)25(7)34-16-15-32-8)17-22(4)26(30)28(33-9)27(31)23(5)18-21(3)24(6)29/h10-14,18-19,21-22,25,27-28,31H,15-17H2,1-9H3/b12-10+,13-11?,20-14+,23-18+/t19-,21-,22?,25?,27?,28+/m1/s1. The Labute approximate surface area is 206 Å². The molecule has 6 atom stereocenters. The number of aliphatic hydroxyl groups excluding tert-OH is 1. The number of methoxy groups -OCH3 is 2. The Bertz CT molecular complexity index is 733. The molecule has 0 aromatic rings. The molecule has 1 N–H and O–H groups in total. The van der Waals surface area contributed by atoms with Crippen molar-refractivity contribution in [2.75, 3.05) is 27.4 Å². The van der Waals surface area contributed by atoms with E-state index in [1.807, 2.05) is 45.1 Å². The van der Waals surface area contributed by atoms with Crippen molar-refractivity contribution >= 4 is 11.6 Å². The van der Waals surface area contributed by atoms with Crippen molar-refractivity contribution < 1.29 is 28.9 Å². The quantitative estimate of drug-likeness (QED) is 0.182. The molecule has 3 unspecified atom stereocenters. The van der Waals surface area contributed by atoms with E-state index in [2.05, 4.69) is 13.0 Å². The highest BCUT2D eigenvalue weighted by atomic mass is 16.5. The number of carbonyl (C=O) groups is 2. The lowest BCUT2D eigenvalue weighted by atomic mass is 9.87. The third-order valence-electron chi connectivity index (χ3n) is 5.97. The molecule has 0 aromatic heterocycles. The van der Waals surface area contributed by atoms with Gasteiger partial charge in [0.05, 0.1) is 19.3 Å². The largest absolute Gasteiger partial charge is 0.386 e. The minimum Gasteiger partial charge on any atom is -0.386 e. The van der Waals surface area contributed by atoms with Gasteiger partial charge in [-0.2, -0.15) is 0 Å².